The third-order valence-electron chi connectivity index (χ3n) is 2.47. The normalized spacial score (nSPS) is 9.75. The molecular formula is C14H19N3O3. The van der Waals surface area contributed by atoms with Gasteiger partial charge in [-0.2, -0.15) is 0 Å². The molecule has 0 aliphatic rings. The first-order valence-electron chi connectivity index (χ1n) is 6.30. The van der Waals surface area contributed by atoms with Crippen molar-refractivity contribution in [3.05, 3.63) is 29.3 Å². The zero-order valence-corrected chi connectivity index (χ0v) is 11.9. The van der Waals surface area contributed by atoms with Gasteiger partial charge in [0.2, 0.25) is 5.91 Å². The predicted octanol–water partition coefficient (Wildman–Crippen LogP) is 0.494. The van der Waals surface area contributed by atoms with E-state index in [1.165, 1.54) is 6.92 Å². The number of aryl methyl sites for hydroxylation is 2. The van der Waals surface area contributed by atoms with Gasteiger partial charge in [0.1, 0.15) is 0 Å². The number of amides is 3. The molecule has 6 heteroatoms. The van der Waals surface area contributed by atoms with Gasteiger partial charge in [-0.15, -0.1) is 0 Å². The first kappa shape index (κ1) is 15.7. The van der Waals surface area contributed by atoms with Crippen LogP contribution in [0.5, 0.6) is 0 Å². The summed E-state index contributed by atoms with van der Waals surface area (Å²) in [4.78, 5) is 33.8. The fourth-order valence-corrected chi connectivity index (χ4v) is 1.73. The van der Waals surface area contributed by atoms with Crippen LogP contribution in [0.4, 0.5) is 5.69 Å². The van der Waals surface area contributed by atoms with E-state index in [1.54, 1.807) is 12.1 Å². The Balaban J connectivity index is 2.45. The summed E-state index contributed by atoms with van der Waals surface area (Å²) in [6.07, 6.45) is 0. The van der Waals surface area contributed by atoms with E-state index in [1.807, 2.05) is 19.9 Å². The average Bonchev–Trinajstić information content (AvgIpc) is 2.32. The molecule has 3 amide bonds. The molecule has 0 aliphatic carbocycles. The van der Waals surface area contributed by atoms with E-state index in [2.05, 4.69) is 16.0 Å². The number of hydrogen-bond acceptors (Lipinski definition) is 3. The quantitative estimate of drug-likeness (QED) is 0.553. The summed E-state index contributed by atoms with van der Waals surface area (Å²) in [6, 6.07) is 5.55. The van der Waals surface area contributed by atoms with E-state index in [-0.39, 0.29) is 19.0 Å². The Kier molecular flexibility index (Phi) is 5.71. The summed E-state index contributed by atoms with van der Waals surface area (Å²) in [7, 11) is 0. The Morgan fingerprint density at radius 3 is 2.00 bits per heavy atom. The molecule has 6 nitrogen and oxygen atoms in total. The van der Waals surface area contributed by atoms with E-state index in [9.17, 15) is 14.4 Å². The first-order valence-corrected chi connectivity index (χ1v) is 6.30. The Bertz CT molecular complexity index is 506. The van der Waals surface area contributed by atoms with Crippen LogP contribution in [0.25, 0.3) is 0 Å². The van der Waals surface area contributed by atoms with Crippen molar-refractivity contribution in [1.82, 2.24) is 10.6 Å². The molecule has 1 aromatic rings. The molecule has 1 rings (SSSR count). The number of benzene rings is 1. The van der Waals surface area contributed by atoms with Gasteiger partial charge >= 0.3 is 11.8 Å². The monoisotopic (exact) mass is 277 g/mol. The second kappa shape index (κ2) is 7.28. The maximum absolute atomic E-state index is 11.7. The van der Waals surface area contributed by atoms with Crippen LogP contribution < -0.4 is 16.0 Å². The van der Waals surface area contributed by atoms with Crippen molar-refractivity contribution in [2.24, 2.45) is 0 Å². The van der Waals surface area contributed by atoms with Gasteiger partial charge in [0.15, 0.2) is 0 Å². The van der Waals surface area contributed by atoms with Crippen LogP contribution in [0, 0.1) is 13.8 Å². The second-order valence-electron chi connectivity index (χ2n) is 4.57. The highest BCUT2D eigenvalue weighted by Crippen LogP contribution is 2.13. The zero-order valence-electron chi connectivity index (χ0n) is 11.9. The lowest BCUT2D eigenvalue weighted by atomic mass is 10.1. The molecule has 0 bridgehead atoms. The Labute approximate surface area is 117 Å². The Morgan fingerprint density at radius 1 is 0.900 bits per heavy atom. The molecule has 1 aromatic carbocycles. The van der Waals surface area contributed by atoms with Gasteiger partial charge in [-0.3, -0.25) is 14.4 Å². The van der Waals surface area contributed by atoms with Crippen LogP contribution in [-0.2, 0) is 14.4 Å². The summed E-state index contributed by atoms with van der Waals surface area (Å²) < 4.78 is 0. The minimum atomic E-state index is -0.727. The molecule has 3 N–H and O–H groups in total. The van der Waals surface area contributed by atoms with Gasteiger partial charge in [0.05, 0.1) is 0 Å². The molecule has 0 saturated heterocycles. The van der Waals surface area contributed by atoms with Crippen LogP contribution in [0.2, 0.25) is 0 Å². The second-order valence-corrected chi connectivity index (χ2v) is 4.57. The van der Waals surface area contributed by atoms with Gasteiger partial charge in [-0.1, -0.05) is 6.07 Å². The minimum absolute atomic E-state index is 0.182. The number of nitrogens with one attached hydrogen (secondary N) is 3. The molecule has 0 spiro atoms. The average molecular weight is 277 g/mol. The Hall–Kier alpha value is -2.37. The van der Waals surface area contributed by atoms with Crippen LogP contribution in [0.1, 0.15) is 18.1 Å². The molecule has 0 fully saturated rings. The van der Waals surface area contributed by atoms with E-state index in [4.69, 9.17) is 0 Å². The van der Waals surface area contributed by atoms with Crippen LogP contribution in [0.3, 0.4) is 0 Å². The lowest BCUT2D eigenvalue weighted by Crippen LogP contribution is -2.39. The highest BCUT2D eigenvalue weighted by atomic mass is 16.2. The van der Waals surface area contributed by atoms with Gasteiger partial charge in [-0.05, 0) is 37.1 Å². The van der Waals surface area contributed by atoms with Crippen molar-refractivity contribution in [2.45, 2.75) is 20.8 Å². The zero-order chi connectivity index (χ0) is 15.1. The largest absolute Gasteiger partial charge is 0.355 e. The van der Waals surface area contributed by atoms with Gasteiger partial charge < -0.3 is 16.0 Å². The molecule has 0 heterocycles. The SMILES string of the molecule is CC(=O)NCCNC(=O)C(=O)Nc1cc(C)cc(C)c1. The summed E-state index contributed by atoms with van der Waals surface area (Å²) in [5.41, 5.74) is 2.60. The van der Waals surface area contributed by atoms with Crippen molar-refractivity contribution < 1.29 is 14.4 Å². The fraction of sp³-hybridized carbons (Fsp3) is 0.357. The van der Waals surface area contributed by atoms with Gasteiger partial charge in [0, 0.05) is 25.7 Å². The molecule has 0 atom stereocenters. The fourth-order valence-electron chi connectivity index (χ4n) is 1.73. The van der Waals surface area contributed by atoms with Crippen molar-refractivity contribution in [2.75, 3.05) is 18.4 Å². The van der Waals surface area contributed by atoms with E-state index < -0.39 is 11.8 Å². The molecule has 0 aromatic heterocycles. The molecule has 20 heavy (non-hydrogen) atoms. The molecule has 0 aliphatic heterocycles. The van der Waals surface area contributed by atoms with Gasteiger partial charge in [0.25, 0.3) is 0 Å². The number of carbonyl (C=O) groups excluding carboxylic acids is 3. The number of rotatable bonds is 4. The summed E-state index contributed by atoms with van der Waals surface area (Å²) in [6.45, 7) is 5.71. The predicted molar refractivity (Wildman–Crippen MR) is 76.2 cm³/mol. The summed E-state index contributed by atoms with van der Waals surface area (Å²) >= 11 is 0. The van der Waals surface area contributed by atoms with Crippen LogP contribution in [-0.4, -0.2) is 30.8 Å². The van der Waals surface area contributed by atoms with Crippen LogP contribution in [0.15, 0.2) is 18.2 Å². The number of hydrogen-bond donors (Lipinski definition) is 3. The van der Waals surface area contributed by atoms with Crippen molar-refractivity contribution in [1.29, 1.82) is 0 Å². The third kappa shape index (κ3) is 5.51. The smallest absolute Gasteiger partial charge is 0.313 e. The van der Waals surface area contributed by atoms with Crippen molar-refractivity contribution in [3.63, 3.8) is 0 Å². The topological polar surface area (TPSA) is 87.3 Å². The van der Waals surface area contributed by atoms with E-state index in [0.717, 1.165) is 11.1 Å². The highest BCUT2D eigenvalue weighted by Gasteiger charge is 2.13. The lowest BCUT2D eigenvalue weighted by molar-refractivity contribution is -0.136. The minimum Gasteiger partial charge on any atom is -0.355 e. The molecule has 0 unspecified atom stereocenters. The van der Waals surface area contributed by atoms with E-state index in [0.29, 0.717) is 5.69 Å². The van der Waals surface area contributed by atoms with Crippen LogP contribution >= 0.6 is 0 Å². The maximum atomic E-state index is 11.7. The highest BCUT2D eigenvalue weighted by molar-refractivity contribution is 6.39. The van der Waals surface area contributed by atoms with E-state index >= 15 is 0 Å². The Morgan fingerprint density at radius 2 is 1.45 bits per heavy atom. The van der Waals surface area contributed by atoms with Crippen molar-refractivity contribution in [3.8, 4) is 0 Å². The molecule has 0 radical (unpaired) electrons. The standard InChI is InChI=1S/C14H19N3O3/c1-9-6-10(2)8-12(7-9)17-14(20)13(19)16-5-4-15-11(3)18/h6-8H,4-5H2,1-3H3,(H,15,18)(H,16,19)(H,17,20). The molecular weight excluding hydrogens is 258 g/mol. The summed E-state index contributed by atoms with van der Waals surface area (Å²) in [5.74, 6) is -1.63. The number of anilines is 1. The molecule has 108 valence electrons. The van der Waals surface area contributed by atoms with Crippen molar-refractivity contribution >= 4 is 23.4 Å². The molecule has 0 saturated carbocycles. The first-order chi connectivity index (χ1) is 9.38. The number of carbonyl (C=O) groups is 3. The summed E-state index contributed by atoms with van der Waals surface area (Å²) in [5, 5.41) is 7.48. The lowest BCUT2D eigenvalue weighted by Gasteiger charge is -2.08. The third-order valence-corrected chi connectivity index (χ3v) is 2.47. The maximum Gasteiger partial charge on any atom is 0.313 e. The van der Waals surface area contributed by atoms with Gasteiger partial charge in [-0.25, -0.2) is 0 Å².